The first-order valence-corrected chi connectivity index (χ1v) is 10.5. The zero-order chi connectivity index (χ0) is 22.8. The maximum absolute atomic E-state index is 12.5. The quantitative estimate of drug-likeness (QED) is 0.581. The topological polar surface area (TPSA) is 87.0 Å². The highest BCUT2D eigenvalue weighted by atomic mass is 35.5. The summed E-state index contributed by atoms with van der Waals surface area (Å²) < 4.78 is 18.2. The Balaban J connectivity index is 2.12. The minimum atomic E-state index is -1.24. The first kappa shape index (κ1) is 23.3. The normalized spacial score (nSPS) is 15.3. The van der Waals surface area contributed by atoms with Crippen LogP contribution in [0, 0.1) is 5.41 Å². The summed E-state index contributed by atoms with van der Waals surface area (Å²) in [5.74, 6) is -0.662. The van der Waals surface area contributed by atoms with E-state index in [4.69, 9.17) is 25.8 Å². The number of carboxylic acid groups (broad SMARTS) is 1. The van der Waals surface area contributed by atoms with Gasteiger partial charge in [0.05, 0.1) is 23.9 Å². The highest BCUT2D eigenvalue weighted by molar-refractivity contribution is 6.32. The predicted octanol–water partition coefficient (Wildman–Crippen LogP) is 4.05. The third kappa shape index (κ3) is 4.79. The highest BCUT2D eigenvalue weighted by Crippen LogP contribution is 2.45. The maximum Gasteiger partial charge on any atom is 0.341 e. The Labute approximate surface area is 186 Å². The van der Waals surface area contributed by atoms with E-state index >= 15 is 0 Å². The minimum absolute atomic E-state index is 0.129. The monoisotopic (exact) mass is 449 g/mol. The van der Waals surface area contributed by atoms with E-state index < -0.39 is 11.4 Å². The van der Waals surface area contributed by atoms with Crippen LogP contribution in [0.2, 0.25) is 5.02 Å². The number of hydrogen-bond donors (Lipinski definition) is 1. The molecule has 0 amide bonds. The van der Waals surface area contributed by atoms with Gasteiger partial charge in [0.2, 0.25) is 0 Å². The number of rotatable bonds is 9. The number of halogens is 1. The van der Waals surface area contributed by atoms with Crippen LogP contribution >= 0.6 is 11.6 Å². The van der Waals surface area contributed by atoms with Gasteiger partial charge in [0.1, 0.15) is 11.3 Å². The second-order valence-electron chi connectivity index (χ2n) is 8.43. The fourth-order valence-electron chi connectivity index (χ4n) is 4.11. The number of carboxylic acids is 1. The van der Waals surface area contributed by atoms with Gasteiger partial charge >= 0.3 is 5.97 Å². The average molecular weight is 450 g/mol. The molecule has 0 bridgehead atoms. The maximum atomic E-state index is 12.5. The summed E-state index contributed by atoms with van der Waals surface area (Å²) in [6, 6.07) is 4.95. The van der Waals surface area contributed by atoms with Crippen LogP contribution < -0.4 is 10.2 Å². The molecule has 2 aromatic rings. The smallest absolute Gasteiger partial charge is 0.341 e. The Kier molecular flexibility index (Phi) is 7.09. The molecule has 7 nitrogen and oxygen atoms in total. The van der Waals surface area contributed by atoms with Crippen molar-refractivity contribution in [1.29, 1.82) is 0 Å². The van der Waals surface area contributed by atoms with Crippen LogP contribution in [0.25, 0.3) is 11.3 Å². The van der Waals surface area contributed by atoms with Crippen LogP contribution in [0.4, 0.5) is 0 Å². The van der Waals surface area contributed by atoms with Crippen molar-refractivity contribution in [2.24, 2.45) is 5.41 Å². The molecule has 1 N–H and O–H groups in total. The first-order chi connectivity index (χ1) is 14.7. The Morgan fingerprint density at radius 3 is 2.61 bits per heavy atom. The Morgan fingerprint density at radius 2 is 1.97 bits per heavy atom. The molecule has 0 radical (unpaired) electrons. The number of hydrogen-bond acceptors (Lipinski definition) is 5. The Morgan fingerprint density at radius 1 is 1.23 bits per heavy atom. The van der Waals surface area contributed by atoms with Crippen molar-refractivity contribution in [3.05, 3.63) is 50.8 Å². The molecule has 8 heteroatoms. The van der Waals surface area contributed by atoms with E-state index in [1.807, 2.05) is 10.6 Å². The van der Waals surface area contributed by atoms with Gasteiger partial charge in [0.25, 0.3) is 0 Å². The van der Waals surface area contributed by atoms with Gasteiger partial charge in [-0.05, 0) is 24.1 Å². The lowest BCUT2D eigenvalue weighted by Gasteiger charge is -2.40. The Hall–Kier alpha value is -2.35. The molecule has 31 heavy (non-hydrogen) atoms. The lowest BCUT2D eigenvalue weighted by atomic mass is 9.78. The van der Waals surface area contributed by atoms with Gasteiger partial charge in [-0.2, -0.15) is 0 Å². The molecule has 0 saturated carbocycles. The minimum Gasteiger partial charge on any atom is -0.492 e. The van der Waals surface area contributed by atoms with Crippen LogP contribution in [-0.2, 0) is 15.9 Å². The summed E-state index contributed by atoms with van der Waals surface area (Å²) in [5.41, 5.74) is 1.31. The lowest BCUT2D eigenvalue weighted by molar-refractivity contribution is 0.0615. The lowest BCUT2D eigenvalue weighted by Crippen LogP contribution is -2.37. The molecule has 3 rings (SSSR count). The second kappa shape index (κ2) is 9.42. The van der Waals surface area contributed by atoms with Crippen molar-refractivity contribution < 1.29 is 24.1 Å². The van der Waals surface area contributed by atoms with Crippen LogP contribution in [0.5, 0.6) is 5.75 Å². The number of aromatic carboxylic acids is 1. The number of fused-ring (bicyclic) bond motifs is 3. The molecular formula is C23H28ClNO6. The molecule has 1 unspecified atom stereocenters. The van der Waals surface area contributed by atoms with Crippen molar-refractivity contribution >= 4 is 17.6 Å². The molecule has 1 aromatic carbocycles. The zero-order valence-electron chi connectivity index (χ0n) is 18.2. The number of methoxy groups -OCH3 is 2. The predicted molar refractivity (Wildman–Crippen MR) is 118 cm³/mol. The highest BCUT2D eigenvalue weighted by Gasteiger charge is 2.37. The number of carbonyl (C=O) groups is 1. The van der Waals surface area contributed by atoms with E-state index in [1.54, 1.807) is 20.3 Å². The van der Waals surface area contributed by atoms with Crippen molar-refractivity contribution in [3.63, 3.8) is 0 Å². The average Bonchev–Trinajstić information content (AvgIpc) is 2.70. The van der Waals surface area contributed by atoms with Gasteiger partial charge in [0.15, 0.2) is 5.43 Å². The summed E-state index contributed by atoms with van der Waals surface area (Å²) in [6.45, 7) is 5.66. The third-order valence-electron chi connectivity index (χ3n) is 5.66. The number of ether oxygens (including phenoxy) is 3. The van der Waals surface area contributed by atoms with E-state index in [9.17, 15) is 14.7 Å². The first-order valence-electron chi connectivity index (χ1n) is 10.1. The molecular weight excluding hydrogens is 422 g/mol. The van der Waals surface area contributed by atoms with Gasteiger partial charge in [-0.25, -0.2) is 4.79 Å². The molecule has 1 atom stereocenters. The molecule has 0 fully saturated rings. The van der Waals surface area contributed by atoms with Crippen LogP contribution in [0.3, 0.4) is 0 Å². The largest absolute Gasteiger partial charge is 0.492 e. The van der Waals surface area contributed by atoms with Gasteiger partial charge in [-0.1, -0.05) is 25.4 Å². The molecule has 2 heterocycles. The Bertz CT molecular complexity index is 1030. The van der Waals surface area contributed by atoms with E-state index in [1.165, 1.54) is 12.3 Å². The van der Waals surface area contributed by atoms with Crippen molar-refractivity contribution in [2.45, 2.75) is 32.7 Å². The van der Waals surface area contributed by atoms with Crippen LogP contribution in [0.1, 0.15) is 42.2 Å². The third-order valence-corrected chi connectivity index (χ3v) is 5.96. The van der Waals surface area contributed by atoms with Crippen LogP contribution in [0.15, 0.2) is 29.2 Å². The van der Waals surface area contributed by atoms with Crippen LogP contribution in [-0.4, -0.2) is 49.7 Å². The molecule has 1 aromatic heterocycles. The fraction of sp³-hybridized carbons (Fsp3) is 0.478. The summed E-state index contributed by atoms with van der Waals surface area (Å²) in [6.07, 6.45) is 2.80. The number of pyridine rings is 1. The fourth-order valence-corrected chi connectivity index (χ4v) is 4.33. The summed E-state index contributed by atoms with van der Waals surface area (Å²) in [5, 5.41) is 9.91. The molecule has 1 aliphatic rings. The number of nitrogens with zero attached hydrogens (tertiary/aromatic N) is 1. The zero-order valence-corrected chi connectivity index (χ0v) is 19.0. The summed E-state index contributed by atoms with van der Waals surface area (Å²) in [4.78, 5) is 24.1. The standard InChI is InChI=1S/C23H28ClNO6/c1-23(2,13-30-4)21-9-14-8-20(31-7-5-6-29-3)17(24)10-15(14)18-11-19(26)16(22(27)28)12-25(18)21/h8,10-12,21H,5-7,9,13H2,1-4H3,(H,27,28). The van der Waals surface area contributed by atoms with Crippen molar-refractivity contribution in [1.82, 2.24) is 4.57 Å². The molecule has 168 valence electrons. The number of benzene rings is 1. The van der Waals surface area contributed by atoms with E-state index in [-0.39, 0.29) is 17.0 Å². The molecule has 1 aliphatic heterocycles. The molecule has 0 saturated heterocycles. The summed E-state index contributed by atoms with van der Waals surface area (Å²) >= 11 is 6.48. The van der Waals surface area contributed by atoms with Crippen molar-refractivity contribution in [2.75, 3.05) is 34.0 Å². The number of aromatic nitrogens is 1. The SMILES string of the molecule is COCCCOc1cc2c(cc1Cl)-c1cc(=O)c(C(=O)O)cn1C(C(C)(C)COC)C2. The van der Waals surface area contributed by atoms with Crippen molar-refractivity contribution in [3.8, 4) is 17.0 Å². The van der Waals surface area contributed by atoms with Gasteiger partial charge in [-0.15, -0.1) is 0 Å². The molecule has 0 aliphatic carbocycles. The van der Waals surface area contributed by atoms with Gasteiger partial charge in [0, 0.05) is 56.5 Å². The summed E-state index contributed by atoms with van der Waals surface area (Å²) in [7, 11) is 3.28. The van der Waals surface area contributed by atoms with Gasteiger partial charge in [-0.3, -0.25) is 4.79 Å². The van der Waals surface area contributed by atoms with E-state index in [0.717, 1.165) is 17.5 Å². The van der Waals surface area contributed by atoms with E-state index in [2.05, 4.69) is 13.8 Å². The van der Waals surface area contributed by atoms with E-state index in [0.29, 0.717) is 42.7 Å². The molecule has 0 spiro atoms. The second-order valence-corrected chi connectivity index (χ2v) is 8.83. The van der Waals surface area contributed by atoms with Gasteiger partial charge < -0.3 is 23.9 Å².